The molecule has 5 aliphatic rings. The Labute approximate surface area is 294 Å². The highest BCUT2D eigenvalue weighted by Crippen LogP contribution is 2.50. The number of aliphatic hydroxyl groups excluding tert-OH is 1. The molecule has 1 saturated heterocycles. The zero-order valence-corrected chi connectivity index (χ0v) is 30.5. The van der Waals surface area contributed by atoms with Crippen LogP contribution in [0.1, 0.15) is 73.1 Å². The third-order valence-corrected chi connectivity index (χ3v) is 10.4. The SMILES string of the molecule is CC[C@@H]1C2=CC3=C(C)C(=CO)C(=N3)C=C3N=C(C=C4N=C(C=C(N2)[C@]1(C)CC(=O)N(C)C)C(C)=C4CCC(=O)OC)C(CCC(=O)OC)=C3C. The molecule has 50 heavy (non-hydrogen) atoms. The molecule has 264 valence electrons. The van der Waals surface area contributed by atoms with Gasteiger partial charge in [0.2, 0.25) is 5.91 Å². The van der Waals surface area contributed by atoms with E-state index in [-0.39, 0.29) is 43.0 Å². The fraction of sp³-hybridized carbons (Fsp3) is 0.436. The van der Waals surface area contributed by atoms with Crippen LogP contribution in [0.15, 0.2) is 107 Å². The van der Waals surface area contributed by atoms with Crippen molar-refractivity contribution in [3.8, 4) is 0 Å². The van der Waals surface area contributed by atoms with Gasteiger partial charge in [-0.3, -0.25) is 14.4 Å². The van der Waals surface area contributed by atoms with Crippen LogP contribution in [0.5, 0.6) is 0 Å². The Morgan fingerprint density at radius 3 is 2.08 bits per heavy atom. The molecule has 5 aliphatic heterocycles. The second-order valence-corrected chi connectivity index (χ2v) is 13.6. The Kier molecular flexibility index (Phi) is 10.5. The maximum absolute atomic E-state index is 13.3. The van der Waals surface area contributed by atoms with Gasteiger partial charge >= 0.3 is 11.9 Å². The summed E-state index contributed by atoms with van der Waals surface area (Å²) in [6.07, 6.45) is 11.0. The summed E-state index contributed by atoms with van der Waals surface area (Å²) in [5.74, 6) is -0.691. The van der Waals surface area contributed by atoms with E-state index in [0.29, 0.717) is 46.9 Å². The van der Waals surface area contributed by atoms with Gasteiger partial charge in [0.25, 0.3) is 0 Å². The van der Waals surface area contributed by atoms with Crippen LogP contribution in [0.3, 0.4) is 0 Å². The number of amides is 1. The minimum Gasteiger partial charge on any atom is -0.515 e. The van der Waals surface area contributed by atoms with Crippen molar-refractivity contribution in [3.63, 3.8) is 0 Å². The summed E-state index contributed by atoms with van der Waals surface area (Å²) >= 11 is 0. The second-order valence-electron chi connectivity index (χ2n) is 13.6. The lowest BCUT2D eigenvalue weighted by Crippen LogP contribution is -2.33. The molecule has 2 N–H and O–H groups in total. The van der Waals surface area contributed by atoms with E-state index in [1.807, 2.05) is 45.1 Å². The lowest BCUT2D eigenvalue weighted by atomic mass is 9.72. The van der Waals surface area contributed by atoms with Crippen molar-refractivity contribution in [2.24, 2.45) is 26.3 Å². The number of ether oxygens (including phenoxy) is 2. The first-order chi connectivity index (χ1) is 23.8. The Morgan fingerprint density at radius 2 is 1.48 bits per heavy atom. The number of fused-ring (bicyclic) bond motifs is 5. The number of esters is 2. The standard InChI is InChI=1S/C39H47N5O6/c1-10-27-34-16-29-23(4)26(20-45)33(41-29)15-28-21(2)24(11-13-37(47)49-8)31(40-28)17-32-25(12-14-38(48)50-9)22(3)30(42-32)18-35(43-34)39(27,5)19-36(46)44(6)7/h15-18,20,27,43,45H,10-14,19H2,1-9H3/t27-,39-/m1/s1. The molecule has 0 spiro atoms. The van der Waals surface area contributed by atoms with Crippen LogP contribution in [0.25, 0.3) is 0 Å². The fourth-order valence-corrected chi connectivity index (χ4v) is 7.24. The molecule has 11 heteroatoms. The molecule has 1 amide bonds. The molecule has 0 aliphatic carbocycles. The molecule has 11 nitrogen and oxygen atoms in total. The Bertz CT molecular complexity index is 1890. The number of aliphatic imine (C=N–C) groups is 3. The average Bonchev–Trinajstić information content (AvgIpc) is 3.73. The molecule has 0 saturated carbocycles. The molecule has 0 aromatic rings. The minimum absolute atomic E-state index is 0.00939. The number of methoxy groups -OCH3 is 2. The maximum Gasteiger partial charge on any atom is 0.305 e. The Hall–Kier alpha value is -5.06. The van der Waals surface area contributed by atoms with Crippen molar-refractivity contribution < 1.29 is 29.0 Å². The Morgan fingerprint density at radius 1 is 0.860 bits per heavy atom. The highest BCUT2D eigenvalue weighted by Gasteiger charge is 2.47. The normalized spacial score (nSPS) is 23.6. The van der Waals surface area contributed by atoms with Gasteiger partial charge in [-0.25, -0.2) is 15.0 Å². The first-order valence-corrected chi connectivity index (χ1v) is 17.0. The van der Waals surface area contributed by atoms with E-state index in [1.165, 1.54) is 14.2 Å². The zero-order chi connectivity index (χ0) is 36.5. The van der Waals surface area contributed by atoms with Crippen LogP contribution < -0.4 is 5.32 Å². The second kappa shape index (κ2) is 14.4. The van der Waals surface area contributed by atoms with Gasteiger partial charge in [-0.2, -0.15) is 0 Å². The van der Waals surface area contributed by atoms with Crippen LogP contribution in [0, 0.1) is 11.3 Å². The quantitative estimate of drug-likeness (QED) is 0.216. The summed E-state index contributed by atoms with van der Waals surface area (Å²) < 4.78 is 9.91. The first kappa shape index (κ1) is 36.2. The van der Waals surface area contributed by atoms with Crippen molar-refractivity contribution >= 4 is 35.0 Å². The van der Waals surface area contributed by atoms with Gasteiger partial charge < -0.3 is 24.8 Å². The molecule has 0 aromatic heterocycles. The molecule has 2 atom stereocenters. The zero-order valence-electron chi connectivity index (χ0n) is 30.5. The number of rotatable bonds is 9. The molecule has 5 heterocycles. The van der Waals surface area contributed by atoms with Crippen molar-refractivity contribution in [1.29, 1.82) is 0 Å². The Balaban J connectivity index is 1.78. The van der Waals surface area contributed by atoms with Gasteiger partial charge in [0.15, 0.2) is 0 Å². The predicted octanol–water partition coefficient (Wildman–Crippen LogP) is 6.27. The van der Waals surface area contributed by atoms with Crippen LogP contribution in [-0.4, -0.2) is 73.3 Å². The summed E-state index contributed by atoms with van der Waals surface area (Å²) in [5, 5.41) is 14.1. The van der Waals surface area contributed by atoms with E-state index in [9.17, 15) is 19.5 Å². The first-order valence-electron chi connectivity index (χ1n) is 17.0. The van der Waals surface area contributed by atoms with Gasteiger partial charge in [-0.15, -0.1) is 0 Å². The third-order valence-electron chi connectivity index (χ3n) is 10.4. The smallest absolute Gasteiger partial charge is 0.305 e. The summed E-state index contributed by atoms with van der Waals surface area (Å²) in [6, 6.07) is 0. The minimum atomic E-state index is -0.599. The van der Waals surface area contributed by atoms with Gasteiger partial charge in [0.1, 0.15) is 0 Å². The van der Waals surface area contributed by atoms with E-state index in [0.717, 1.165) is 57.7 Å². The average molecular weight is 682 g/mol. The fourth-order valence-electron chi connectivity index (χ4n) is 7.24. The van der Waals surface area contributed by atoms with Crippen molar-refractivity contribution in [3.05, 3.63) is 92.5 Å². The number of hydrogen-bond acceptors (Lipinski definition) is 10. The number of nitrogens with zero attached hydrogens (tertiary/aromatic N) is 4. The highest BCUT2D eigenvalue weighted by molar-refractivity contribution is 6.18. The largest absolute Gasteiger partial charge is 0.515 e. The van der Waals surface area contributed by atoms with Crippen LogP contribution in [0.2, 0.25) is 0 Å². The molecule has 0 radical (unpaired) electrons. The maximum atomic E-state index is 13.3. The van der Waals surface area contributed by atoms with Gasteiger partial charge in [0, 0.05) is 61.7 Å². The van der Waals surface area contributed by atoms with E-state index in [1.54, 1.807) is 19.0 Å². The molecular formula is C39H47N5O6. The highest BCUT2D eigenvalue weighted by atomic mass is 16.5. The molecule has 8 bridgehead atoms. The molecule has 0 unspecified atom stereocenters. The topological polar surface area (TPSA) is 142 Å². The van der Waals surface area contributed by atoms with E-state index >= 15 is 0 Å². The summed E-state index contributed by atoms with van der Waals surface area (Å²) in [7, 11) is 6.27. The predicted molar refractivity (Wildman–Crippen MR) is 194 cm³/mol. The van der Waals surface area contributed by atoms with E-state index in [4.69, 9.17) is 24.5 Å². The lowest BCUT2D eigenvalue weighted by molar-refractivity contribution is -0.141. The number of aliphatic hydroxyl groups is 1. The number of nitrogens with one attached hydrogen (secondary N) is 1. The third kappa shape index (κ3) is 6.73. The molecular weight excluding hydrogens is 634 g/mol. The molecule has 0 aromatic carbocycles. The molecule has 1 fully saturated rings. The van der Waals surface area contributed by atoms with Gasteiger partial charge in [-0.1, -0.05) is 13.8 Å². The van der Waals surface area contributed by atoms with Crippen LogP contribution >= 0.6 is 0 Å². The van der Waals surface area contributed by atoms with Gasteiger partial charge in [-0.05, 0) is 92.2 Å². The number of allylic oxidation sites excluding steroid dienone is 12. The summed E-state index contributed by atoms with van der Waals surface area (Å²) in [5.41, 5.74) is 10.1. The van der Waals surface area contributed by atoms with E-state index < -0.39 is 5.41 Å². The summed E-state index contributed by atoms with van der Waals surface area (Å²) in [4.78, 5) is 54.6. The summed E-state index contributed by atoms with van der Waals surface area (Å²) in [6.45, 7) is 10.1. The van der Waals surface area contributed by atoms with Crippen molar-refractivity contribution in [2.75, 3.05) is 28.3 Å². The van der Waals surface area contributed by atoms with Crippen LogP contribution in [-0.2, 0) is 23.9 Å². The van der Waals surface area contributed by atoms with Crippen LogP contribution in [0.4, 0.5) is 0 Å². The monoisotopic (exact) mass is 681 g/mol. The van der Waals surface area contributed by atoms with E-state index in [2.05, 4.69) is 19.2 Å². The molecule has 5 rings (SSSR count). The van der Waals surface area contributed by atoms with Crippen molar-refractivity contribution in [2.45, 2.75) is 73.1 Å². The lowest BCUT2D eigenvalue weighted by Gasteiger charge is -2.31. The van der Waals surface area contributed by atoms with Crippen molar-refractivity contribution in [1.82, 2.24) is 10.2 Å². The number of carbonyl (C=O) groups excluding carboxylic acids is 3. The number of hydrogen-bond donors (Lipinski definition) is 2. The van der Waals surface area contributed by atoms with Gasteiger partial charge in [0.05, 0.1) is 54.7 Å². The number of carbonyl (C=O) groups is 3.